The van der Waals surface area contributed by atoms with Crippen LogP contribution in [0.3, 0.4) is 0 Å². The SMILES string of the molecule is CCOc1cc(CNC(C)COC)ccc1OC. The van der Waals surface area contributed by atoms with Gasteiger partial charge < -0.3 is 19.5 Å². The Morgan fingerprint density at radius 2 is 2.00 bits per heavy atom. The summed E-state index contributed by atoms with van der Waals surface area (Å²) in [7, 11) is 3.36. The minimum absolute atomic E-state index is 0.327. The highest BCUT2D eigenvalue weighted by Crippen LogP contribution is 2.27. The maximum Gasteiger partial charge on any atom is 0.161 e. The van der Waals surface area contributed by atoms with Crippen LogP contribution in [-0.2, 0) is 11.3 Å². The summed E-state index contributed by atoms with van der Waals surface area (Å²) in [5, 5.41) is 3.39. The van der Waals surface area contributed by atoms with Crippen LogP contribution < -0.4 is 14.8 Å². The van der Waals surface area contributed by atoms with Gasteiger partial charge >= 0.3 is 0 Å². The monoisotopic (exact) mass is 253 g/mol. The lowest BCUT2D eigenvalue weighted by atomic mass is 10.2. The molecule has 0 saturated carbocycles. The van der Waals surface area contributed by atoms with E-state index in [0.717, 1.165) is 18.0 Å². The molecular formula is C14H23NO3. The summed E-state index contributed by atoms with van der Waals surface area (Å²) in [4.78, 5) is 0. The van der Waals surface area contributed by atoms with Crippen molar-refractivity contribution in [3.63, 3.8) is 0 Å². The predicted octanol–water partition coefficient (Wildman–Crippen LogP) is 2.22. The van der Waals surface area contributed by atoms with Crippen LogP contribution in [0.2, 0.25) is 0 Å². The fourth-order valence-electron chi connectivity index (χ4n) is 1.70. The van der Waals surface area contributed by atoms with E-state index in [9.17, 15) is 0 Å². The van der Waals surface area contributed by atoms with Gasteiger partial charge in [0.25, 0.3) is 0 Å². The number of ether oxygens (including phenoxy) is 3. The van der Waals surface area contributed by atoms with Crippen LogP contribution in [0, 0.1) is 0 Å². The van der Waals surface area contributed by atoms with Gasteiger partial charge in [-0.2, -0.15) is 0 Å². The highest BCUT2D eigenvalue weighted by atomic mass is 16.5. The van der Waals surface area contributed by atoms with Crippen molar-refractivity contribution in [2.24, 2.45) is 0 Å². The van der Waals surface area contributed by atoms with Gasteiger partial charge in [-0.05, 0) is 31.5 Å². The van der Waals surface area contributed by atoms with E-state index in [1.165, 1.54) is 5.56 Å². The summed E-state index contributed by atoms with van der Waals surface area (Å²) in [5.41, 5.74) is 1.17. The van der Waals surface area contributed by atoms with E-state index in [0.29, 0.717) is 19.3 Å². The van der Waals surface area contributed by atoms with Gasteiger partial charge in [0.05, 0.1) is 20.3 Å². The predicted molar refractivity (Wildman–Crippen MR) is 72.3 cm³/mol. The molecule has 1 aromatic carbocycles. The van der Waals surface area contributed by atoms with Crippen LogP contribution in [-0.4, -0.2) is 33.5 Å². The Morgan fingerprint density at radius 1 is 1.22 bits per heavy atom. The minimum atomic E-state index is 0.327. The Balaban J connectivity index is 2.63. The van der Waals surface area contributed by atoms with Crippen LogP contribution in [0.15, 0.2) is 18.2 Å². The largest absolute Gasteiger partial charge is 0.493 e. The van der Waals surface area contributed by atoms with Crippen molar-refractivity contribution in [2.75, 3.05) is 27.4 Å². The lowest BCUT2D eigenvalue weighted by Crippen LogP contribution is -2.29. The van der Waals surface area contributed by atoms with Gasteiger partial charge in [-0.1, -0.05) is 6.07 Å². The molecule has 0 saturated heterocycles. The minimum Gasteiger partial charge on any atom is -0.493 e. The first-order valence-corrected chi connectivity index (χ1v) is 6.23. The Labute approximate surface area is 109 Å². The van der Waals surface area contributed by atoms with Gasteiger partial charge in [-0.3, -0.25) is 0 Å². The molecule has 4 nitrogen and oxygen atoms in total. The standard InChI is InChI=1S/C14H23NO3/c1-5-18-14-8-12(6-7-13(14)17-4)9-15-11(2)10-16-3/h6-8,11,15H,5,9-10H2,1-4H3. The molecule has 0 radical (unpaired) electrons. The zero-order chi connectivity index (χ0) is 13.4. The first-order chi connectivity index (χ1) is 8.71. The number of rotatable bonds is 8. The molecule has 18 heavy (non-hydrogen) atoms. The maximum absolute atomic E-state index is 5.55. The van der Waals surface area contributed by atoms with Gasteiger partial charge in [0, 0.05) is 19.7 Å². The average molecular weight is 253 g/mol. The summed E-state index contributed by atoms with van der Waals surface area (Å²) in [6.45, 7) is 6.18. The number of hydrogen-bond acceptors (Lipinski definition) is 4. The Morgan fingerprint density at radius 3 is 2.61 bits per heavy atom. The van der Waals surface area contributed by atoms with Crippen molar-refractivity contribution in [3.8, 4) is 11.5 Å². The van der Waals surface area contributed by atoms with Gasteiger partial charge in [0.1, 0.15) is 0 Å². The van der Waals surface area contributed by atoms with Crippen molar-refractivity contribution in [1.29, 1.82) is 0 Å². The highest BCUT2D eigenvalue weighted by Gasteiger charge is 2.06. The van der Waals surface area contributed by atoms with E-state index in [-0.39, 0.29) is 0 Å². The van der Waals surface area contributed by atoms with E-state index in [1.54, 1.807) is 14.2 Å². The summed E-state index contributed by atoms with van der Waals surface area (Å²) in [5.74, 6) is 1.56. The lowest BCUT2D eigenvalue weighted by Gasteiger charge is -2.14. The summed E-state index contributed by atoms with van der Waals surface area (Å²) in [6.07, 6.45) is 0. The third-order valence-corrected chi connectivity index (χ3v) is 2.60. The molecule has 1 N–H and O–H groups in total. The molecule has 4 heteroatoms. The maximum atomic E-state index is 5.55. The third-order valence-electron chi connectivity index (χ3n) is 2.60. The molecule has 0 heterocycles. The normalized spacial score (nSPS) is 12.2. The molecule has 1 rings (SSSR count). The molecule has 1 unspecified atom stereocenters. The number of nitrogens with one attached hydrogen (secondary N) is 1. The zero-order valence-corrected chi connectivity index (χ0v) is 11.7. The summed E-state index contributed by atoms with van der Waals surface area (Å²) < 4.78 is 15.9. The Hall–Kier alpha value is -1.26. The second-order valence-electron chi connectivity index (χ2n) is 4.16. The van der Waals surface area contributed by atoms with E-state index in [1.807, 2.05) is 25.1 Å². The molecule has 102 valence electrons. The molecular weight excluding hydrogens is 230 g/mol. The van der Waals surface area contributed by atoms with Crippen molar-refractivity contribution in [3.05, 3.63) is 23.8 Å². The quantitative estimate of drug-likeness (QED) is 0.771. The van der Waals surface area contributed by atoms with Gasteiger partial charge in [0.2, 0.25) is 0 Å². The Kier molecular flexibility index (Phi) is 6.54. The molecule has 0 aliphatic rings. The van der Waals surface area contributed by atoms with E-state index in [4.69, 9.17) is 14.2 Å². The van der Waals surface area contributed by atoms with Gasteiger partial charge in [-0.15, -0.1) is 0 Å². The Bertz CT molecular complexity index is 355. The molecule has 1 aromatic rings. The van der Waals surface area contributed by atoms with Crippen LogP contribution in [0.25, 0.3) is 0 Å². The third kappa shape index (κ3) is 4.55. The number of methoxy groups -OCH3 is 2. The summed E-state index contributed by atoms with van der Waals surface area (Å²) >= 11 is 0. The second-order valence-corrected chi connectivity index (χ2v) is 4.16. The lowest BCUT2D eigenvalue weighted by molar-refractivity contribution is 0.171. The van der Waals surface area contributed by atoms with Crippen molar-refractivity contribution in [1.82, 2.24) is 5.32 Å². The molecule has 1 atom stereocenters. The fourth-order valence-corrected chi connectivity index (χ4v) is 1.70. The van der Waals surface area contributed by atoms with Crippen LogP contribution in [0.1, 0.15) is 19.4 Å². The van der Waals surface area contributed by atoms with Crippen LogP contribution in [0.4, 0.5) is 0 Å². The van der Waals surface area contributed by atoms with Crippen molar-refractivity contribution >= 4 is 0 Å². The van der Waals surface area contributed by atoms with Gasteiger partial charge in [0.15, 0.2) is 11.5 Å². The van der Waals surface area contributed by atoms with E-state index < -0.39 is 0 Å². The second kappa shape index (κ2) is 7.95. The average Bonchev–Trinajstić information content (AvgIpc) is 2.37. The molecule has 0 spiro atoms. The molecule has 0 aromatic heterocycles. The topological polar surface area (TPSA) is 39.7 Å². The van der Waals surface area contributed by atoms with Gasteiger partial charge in [-0.25, -0.2) is 0 Å². The summed E-state index contributed by atoms with van der Waals surface area (Å²) in [6, 6.07) is 6.30. The van der Waals surface area contributed by atoms with Crippen LogP contribution >= 0.6 is 0 Å². The van der Waals surface area contributed by atoms with Crippen LogP contribution in [0.5, 0.6) is 11.5 Å². The first kappa shape index (κ1) is 14.8. The highest BCUT2D eigenvalue weighted by molar-refractivity contribution is 5.42. The fraction of sp³-hybridized carbons (Fsp3) is 0.571. The van der Waals surface area contributed by atoms with E-state index in [2.05, 4.69) is 12.2 Å². The zero-order valence-electron chi connectivity index (χ0n) is 11.7. The number of benzene rings is 1. The van der Waals surface area contributed by atoms with Crippen molar-refractivity contribution in [2.45, 2.75) is 26.4 Å². The molecule has 0 fully saturated rings. The van der Waals surface area contributed by atoms with Crippen molar-refractivity contribution < 1.29 is 14.2 Å². The molecule has 0 aliphatic heterocycles. The molecule has 0 amide bonds. The van der Waals surface area contributed by atoms with E-state index >= 15 is 0 Å². The smallest absolute Gasteiger partial charge is 0.161 e. The number of hydrogen-bond donors (Lipinski definition) is 1. The molecule has 0 bridgehead atoms. The first-order valence-electron chi connectivity index (χ1n) is 6.23. The molecule has 0 aliphatic carbocycles.